The highest BCUT2D eigenvalue weighted by Gasteiger charge is 2.56. The van der Waals surface area contributed by atoms with E-state index in [9.17, 15) is 32.3 Å². The van der Waals surface area contributed by atoms with Crippen LogP contribution >= 0.6 is 23.1 Å². The van der Waals surface area contributed by atoms with E-state index in [2.05, 4.69) is 10.3 Å². The molecule has 0 radical (unpaired) electrons. The van der Waals surface area contributed by atoms with E-state index in [0.29, 0.717) is 21.2 Å². The molecule has 3 heterocycles. The predicted octanol–water partition coefficient (Wildman–Crippen LogP) is 6.82. The Morgan fingerprint density at radius 1 is 0.918 bits per heavy atom. The van der Waals surface area contributed by atoms with Gasteiger partial charge in [0.1, 0.15) is 5.25 Å². The number of anilines is 2. The van der Waals surface area contributed by atoms with Crippen LogP contribution in [0.1, 0.15) is 28.8 Å². The first kappa shape index (κ1) is 32.5. The summed E-state index contributed by atoms with van der Waals surface area (Å²) in [6.45, 7) is 1.66. The van der Waals surface area contributed by atoms with Gasteiger partial charge in [-0.3, -0.25) is 19.2 Å². The third kappa shape index (κ3) is 6.06. The maximum atomic E-state index is 14.0. The molecule has 0 bridgehead atoms. The molecule has 0 spiro atoms. The van der Waals surface area contributed by atoms with Crippen LogP contribution in [-0.4, -0.2) is 41.2 Å². The fraction of sp³-hybridized carbons (Fsp3) is 0.200. The molecular weight excluding hydrogens is 680 g/mol. The number of H-pyrrole nitrogens is 1. The number of rotatable bonds is 8. The highest BCUT2D eigenvalue weighted by Crippen LogP contribution is 2.54. The third-order valence-corrected chi connectivity index (χ3v) is 10.7. The number of aromatic amines is 1. The highest BCUT2D eigenvalue weighted by atomic mass is 32.2. The number of thioether (sulfide) groups is 1. The normalized spacial score (nSPS) is 18.7. The minimum Gasteiger partial charge on any atom is -0.490 e. The van der Waals surface area contributed by atoms with Crippen LogP contribution in [0.25, 0.3) is 10.8 Å². The maximum Gasteiger partial charge on any atom is 0.416 e. The summed E-state index contributed by atoms with van der Waals surface area (Å²) in [5, 5.41) is 4.12. The second-order valence-electron chi connectivity index (χ2n) is 11.3. The number of hydrogen-bond acceptors (Lipinski definition) is 8. The first-order chi connectivity index (χ1) is 23.5. The molecule has 9 nitrogen and oxygen atoms in total. The topological polar surface area (TPSA) is 118 Å². The fourth-order valence-electron chi connectivity index (χ4n) is 6.22. The Hall–Kier alpha value is -5.08. The van der Waals surface area contributed by atoms with Gasteiger partial charge in [-0.25, -0.2) is 4.90 Å². The van der Waals surface area contributed by atoms with Crippen LogP contribution in [0, 0.1) is 5.92 Å². The molecule has 250 valence electrons. The summed E-state index contributed by atoms with van der Waals surface area (Å²) in [5.41, 5.74) is -0.0188. The summed E-state index contributed by atoms with van der Waals surface area (Å²) < 4.78 is 52.3. The van der Waals surface area contributed by atoms with Crippen LogP contribution in [0.4, 0.5) is 24.5 Å². The number of aromatic nitrogens is 1. The molecule has 1 aromatic heterocycles. The van der Waals surface area contributed by atoms with Crippen LogP contribution in [0.5, 0.6) is 11.5 Å². The maximum absolute atomic E-state index is 14.0. The average molecular weight is 706 g/mol. The second-order valence-corrected chi connectivity index (χ2v) is 13.5. The van der Waals surface area contributed by atoms with Crippen molar-refractivity contribution in [1.82, 2.24) is 4.98 Å². The van der Waals surface area contributed by atoms with Gasteiger partial charge < -0.3 is 19.8 Å². The zero-order chi connectivity index (χ0) is 34.4. The van der Waals surface area contributed by atoms with Gasteiger partial charge >= 0.3 is 11.0 Å². The highest BCUT2D eigenvalue weighted by molar-refractivity contribution is 8.00. The molecule has 2 aliphatic heterocycles. The molecule has 0 aliphatic carbocycles. The van der Waals surface area contributed by atoms with Crippen LogP contribution < -0.4 is 24.6 Å². The van der Waals surface area contributed by atoms with Gasteiger partial charge in [0.25, 0.3) is 5.91 Å². The number of nitrogens with zero attached hydrogens (tertiary/aromatic N) is 1. The Bertz CT molecular complexity index is 2180. The smallest absolute Gasteiger partial charge is 0.416 e. The van der Waals surface area contributed by atoms with E-state index in [1.54, 1.807) is 31.2 Å². The molecule has 49 heavy (non-hydrogen) atoms. The number of carbonyl (C=O) groups excluding carboxylic acids is 3. The number of fused-ring (bicyclic) bond motifs is 3. The summed E-state index contributed by atoms with van der Waals surface area (Å²) >= 11 is 1.92. The van der Waals surface area contributed by atoms with E-state index in [4.69, 9.17) is 9.47 Å². The molecule has 0 saturated carbocycles. The zero-order valence-electron chi connectivity index (χ0n) is 25.6. The molecule has 7 rings (SSSR count). The number of carbonyl (C=O) groups is 3. The van der Waals surface area contributed by atoms with Gasteiger partial charge in [0.2, 0.25) is 11.8 Å². The van der Waals surface area contributed by atoms with Crippen LogP contribution in [0.3, 0.4) is 0 Å². The van der Waals surface area contributed by atoms with Crippen molar-refractivity contribution >= 4 is 63.0 Å². The number of amides is 3. The number of thiazole rings is 1. The van der Waals surface area contributed by atoms with E-state index in [1.807, 2.05) is 36.4 Å². The summed E-state index contributed by atoms with van der Waals surface area (Å²) in [5.74, 6) is -3.07. The summed E-state index contributed by atoms with van der Waals surface area (Å²) in [6, 6.07) is 22.2. The molecule has 2 N–H and O–H groups in total. The van der Waals surface area contributed by atoms with Gasteiger partial charge in [-0.15, -0.1) is 0 Å². The lowest BCUT2D eigenvalue weighted by Gasteiger charge is -2.30. The number of benzene rings is 4. The van der Waals surface area contributed by atoms with Crippen molar-refractivity contribution in [1.29, 1.82) is 0 Å². The minimum atomic E-state index is -4.67. The first-order valence-corrected chi connectivity index (χ1v) is 16.8. The molecular formula is C35H26F3N3O6S2. The van der Waals surface area contributed by atoms with E-state index >= 15 is 0 Å². The lowest BCUT2D eigenvalue weighted by atomic mass is 9.83. The van der Waals surface area contributed by atoms with E-state index < -0.39 is 46.5 Å². The number of ether oxygens (including phenoxy) is 2. The largest absolute Gasteiger partial charge is 0.490 e. The molecule has 1 saturated heterocycles. The minimum absolute atomic E-state index is 0.184. The SMILES string of the molecule is CCOc1cc([C@H]2c3sc(=O)[nH]c3SC3C(=O)N(c4cccc(C(F)(F)F)c4)C(=O)C32)ccc1OCC(=O)Nc1cccc2ccccc12. The molecule has 2 unspecified atom stereocenters. The molecule has 3 amide bonds. The van der Waals surface area contributed by atoms with Gasteiger partial charge in [-0.2, -0.15) is 13.2 Å². The van der Waals surface area contributed by atoms with Gasteiger partial charge in [0.05, 0.1) is 28.8 Å². The Morgan fingerprint density at radius 2 is 1.69 bits per heavy atom. The zero-order valence-corrected chi connectivity index (χ0v) is 27.2. The predicted molar refractivity (Wildman–Crippen MR) is 180 cm³/mol. The Balaban J connectivity index is 1.19. The van der Waals surface area contributed by atoms with Gasteiger partial charge in [-0.05, 0) is 54.3 Å². The Labute approximate surface area is 285 Å². The van der Waals surface area contributed by atoms with Crippen LogP contribution in [0.15, 0.2) is 94.7 Å². The molecule has 3 atom stereocenters. The van der Waals surface area contributed by atoms with E-state index in [-0.39, 0.29) is 35.3 Å². The average Bonchev–Trinajstić information content (AvgIpc) is 3.57. The number of nitrogens with one attached hydrogen (secondary N) is 2. The van der Waals surface area contributed by atoms with Gasteiger partial charge in [0.15, 0.2) is 18.1 Å². The first-order valence-electron chi connectivity index (χ1n) is 15.2. The molecule has 5 aromatic rings. The van der Waals surface area contributed by atoms with Crippen molar-refractivity contribution in [2.45, 2.75) is 29.3 Å². The van der Waals surface area contributed by atoms with Gasteiger partial charge in [-0.1, -0.05) is 71.6 Å². The Morgan fingerprint density at radius 3 is 2.49 bits per heavy atom. The molecule has 4 aromatic carbocycles. The van der Waals surface area contributed by atoms with Crippen LogP contribution in [0.2, 0.25) is 0 Å². The number of imide groups is 1. The second kappa shape index (κ2) is 12.7. The quantitative estimate of drug-likeness (QED) is 0.170. The Kier molecular flexibility index (Phi) is 8.45. The van der Waals surface area contributed by atoms with Crippen LogP contribution in [-0.2, 0) is 20.6 Å². The standard InChI is InChI=1S/C35H26F3N3O6S2/c1-2-46-25-15-19(13-14-24(25)47-17-26(42)39-23-12-5-8-18-7-3-4-11-22(18)23)27-28-30(48-31-29(27)49-34(45)40-31)33(44)41(32(28)43)21-10-6-9-20(16-21)35(36,37)38/h3-16,27-28,30H,2,17H2,1H3,(H,39,42)(H,40,45)/t27-,28?,30?/m1/s1. The van der Waals surface area contributed by atoms with Gasteiger partial charge in [0, 0.05) is 21.9 Å². The summed E-state index contributed by atoms with van der Waals surface area (Å²) in [7, 11) is 0. The fourth-order valence-corrected chi connectivity index (χ4v) is 8.74. The van der Waals surface area contributed by atoms with Crippen molar-refractivity contribution in [3.63, 3.8) is 0 Å². The lowest BCUT2D eigenvalue weighted by Crippen LogP contribution is -2.32. The lowest BCUT2D eigenvalue weighted by molar-refractivity contribution is -0.137. The van der Waals surface area contributed by atoms with Crippen molar-refractivity contribution in [2.24, 2.45) is 5.92 Å². The van der Waals surface area contributed by atoms with E-state index in [1.165, 1.54) is 6.07 Å². The van der Waals surface area contributed by atoms with Crippen molar-refractivity contribution in [3.8, 4) is 11.5 Å². The molecule has 2 aliphatic rings. The number of halogens is 3. The van der Waals surface area contributed by atoms with Crippen molar-refractivity contribution in [2.75, 3.05) is 23.4 Å². The third-order valence-electron chi connectivity index (χ3n) is 8.30. The van der Waals surface area contributed by atoms with Crippen molar-refractivity contribution < 1.29 is 37.0 Å². The monoisotopic (exact) mass is 705 g/mol. The number of alkyl halides is 3. The van der Waals surface area contributed by atoms with Crippen molar-refractivity contribution in [3.05, 3.63) is 111 Å². The number of hydrogen-bond donors (Lipinski definition) is 2. The molecule has 14 heteroatoms. The summed E-state index contributed by atoms with van der Waals surface area (Å²) in [6.07, 6.45) is -4.67. The summed E-state index contributed by atoms with van der Waals surface area (Å²) in [4.78, 5) is 56.8. The van der Waals surface area contributed by atoms with E-state index in [0.717, 1.165) is 57.0 Å². The molecule has 1 fully saturated rings.